The first-order valence-corrected chi connectivity index (χ1v) is 6.54. The van der Waals surface area contributed by atoms with E-state index in [9.17, 15) is 4.79 Å². The van der Waals surface area contributed by atoms with Crippen LogP contribution >= 0.6 is 15.9 Å². The van der Waals surface area contributed by atoms with Crippen molar-refractivity contribution < 1.29 is 19.1 Å². The summed E-state index contributed by atoms with van der Waals surface area (Å²) in [5.74, 6) is 0.0162. The maximum Gasteiger partial charge on any atom is 0.412 e. The first-order chi connectivity index (χ1) is 8.33. The summed E-state index contributed by atoms with van der Waals surface area (Å²) in [6.45, 7) is 5.97. The zero-order valence-electron chi connectivity index (χ0n) is 10.8. The summed E-state index contributed by atoms with van der Waals surface area (Å²) in [6, 6.07) is 0. The molecular weight excluding hydrogens is 304 g/mol. The SMILES string of the molecule is COC1C2ON=C(Br)C2CN1C(=O)OC(C)(C)C. The minimum atomic E-state index is -0.529. The molecule has 0 N–H and O–H groups in total. The van der Waals surface area contributed by atoms with E-state index in [1.807, 2.05) is 20.8 Å². The molecule has 3 atom stereocenters. The van der Waals surface area contributed by atoms with Crippen LogP contribution in [0.1, 0.15) is 20.8 Å². The Kier molecular flexibility index (Phi) is 3.55. The van der Waals surface area contributed by atoms with E-state index >= 15 is 0 Å². The summed E-state index contributed by atoms with van der Waals surface area (Å²) in [5.41, 5.74) is -0.529. The molecule has 0 aromatic heterocycles. The van der Waals surface area contributed by atoms with Gasteiger partial charge in [0.2, 0.25) is 0 Å². The molecule has 2 rings (SSSR count). The Hall–Kier alpha value is -0.820. The van der Waals surface area contributed by atoms with Crippen molar-refractivity contribution >= 4 is 26.6 Å². The molecule has 0 aromatic rings. The van der Waals surface area contributed by atoms with E-state index in [1.54, 1.807) is 7.11 Å². The van der Waals surface area contributed by atoms with E-state index in [0.29, 0.717) is 11.2 Å². The van der Waals surface area contributed by atoms with Crippen LogP contribution in [0.2, 0.25) is 0 Å². The highest BCUT2D eigenvalue weighted by atomic mass is 79.9. The number of oxime groups is 1. The lowest BCUT2D eigenvalue weighted by atomic mass is 10.1. The van der Waals surface area contributed by atoms with Gasteiger partial charge in [-0.3, -0.25) is 4.90 Å². The predicted molar refractivity (Wildman–Crippen MR) is 68.5 cm³/mol. The molecule has 0 radical (unpaired) electrons. The molecule has 1 saturated heterocycles. The van der Waals surface area contributed by atoms with E-state index in [2.05, 4.69) is 21.1 Å². The normalized spacial score (nSPS) is 30.8. The Morgan fingerprint density at radius 1 is 1.56 bits per heavy atom. The number of hydrogen-bond donors (Lipinski definition) is 0. The van der Waals surface area contributed by atoms with Crippen molar-refractivity contribution in [3.05, 3.63) is 0 Å². The summed E-state index contributed by atoms with van der Waals surface area (Å²) in [5, 5.41) is 3.86. The molecule has 0 aliphatic carbocycles. The highest BCUT2D eigenvalue weighted by Gasteiger charge is 2.52. The third-order valence-corrected chi connectivity index (χ3v) is 3.55. The average molecular weight is 321 g/mol. The number of halogens is 1. The molecule has 1 amide bonds. The van der Waals surface area contributed by atoms with Crippen LogP contribution in [0.3, 0.4) is 0 Å². The largest absolute Gasteiger partial charge is 0.444 e. The number of carbonyl (C=O) groups is 1. The molecule has 102 valence electrons. The van der Waals surface area contributed by atoms with E-state index in [1.165, 1.54) is 4.90 Å². The van der Waals surface area contributed by atoms with Gasteiger partial charge < -0.3 is 14.3 Å². The molecule has 6 nitrogen and oxygen atoms in total. The summed E-state index contributed by atoms with van der Waals surface area (Å²) in [6.07, 6.45) is -1.13. The molecule has 0 bridgehead atoms. The smallest absolute Gasteiger partial charge is 0.412 e. The fourth-order valence-electron chi connectivity index (χ4n) is 2.07. The number of hydrogen-bond acceptors (Lipinski definition) is 5. The van der Waals surface area contributed by atoms with Gasteiger partial charge in [-0.1, -0.05) is 5.16 Å². The van der Waals surface area contributed by atoms with Gasteiger partial charge in [0, 0.05) is 13.7 Å². The van der Waals surface area contributed by atoms with Crippen molar-refractivity contribution in [1.82, 2.24) is 4.90 Å². The van der Waals surface area contributed by atoms with E-state index in [4.69, 9.17) is 14.3 Å². The monoisotopic (exact) mass is 320 g/mol. The second-order valence-electron chi connectivity index (χ2n) is 5.35. The lowest BCUT2D eigenvalue weighted by Gasteiger charge is -2.28. The van der Waals surface area contributed by atoms with Crippen molar-refractivity contribution in [2.24, 2.45) is 11.1 Å². The number of amides is 1. The number of rotatable bonds is 1. The summed E-state index contributed by atoms with van der Waals surface area (Å²) in [4.78, 5) is 18.9. The molecule has 2 heterocycles. The number of carbonyl (C=O) groups excluding carboxylic acids is 1. The molecule has 0 aromatic carbocycles. The van der Waals surface area contributed by atoms with Gasteiger partial charge in [0.05, 0.1) is 5.92 Å². The molecule has 7 heteroatoms. The third-order valence-electron chi connectivity index (χ3n) is 2.82. The van der Waals surface area contributed by atoms with Crippen LogP contribution in [0.4, 0.5) is 4.79 Å². The number of methoxy groups -OCH3 is 1. The first-order valence-electron chi connectivity index (χ1n) is 5.75. The zero-order valence-corrected chi connectivity index (χ0v) is 12.4. The van der Waals surface area contributed by atoms with E-state index in [-0.39, 0.29) is 12.0 Å². The summed E-state index contributed by atoms with van der Waals surface area (Å²) < 4.78 is 11.4. The lowest BCUT2D eigenvalue weighted by Crippen LogP contribution is -2.43. The van der Waals surface area contributed by atoms with Crippen molar-refractivity contribution in [2.45, 2.75) is 38.7 Å². The summed E-state index contributed by atoms with van der Waals surface area (Å²) >= 11 is 3.33. The van der Waals surface area contributed by atoms with Gasteiger partial charge in [0.1, 0.15) is 10.2 Å². The van der Waals surface area contributed by atoms with Crippen molar-refractivity contribution in [2.75, 3.05) is 13.7 Å². The molecule has 18 heavy (non-hydrogen) atoms. The van der Waals surface area contributed by atoms with Gasteiger partial charge in [0.15, 0.2) is 12.3 Å². The first kappa shape index (κ1) is 13.6. The molecule has 3 unspecified atom stereocenters. The van der Waals surface area contributed by atoms with Crippen LogP contribution in [-0.4, -0.2) is 47.2 Å². The van der Waals surface area contributed by atoms with Crippen LogP contribution in [0.5, 0.6) is 0 Å². The van der Waals surface area contributed by atoms with Gasteiger partial charge in [-0.25, -0.2) is 4.79 Å². The molecule has 2 aliphatic rings. The van der Waals surface area contributed by atoms with Crippen LogP contribution < -0.4 is 0 Å². The van der Waals surface area contributed by atoms with Gasteiger partial charge >= 0.3 is 6.09 Å². The fourth-order valence-corrected chi connectivity index (χ4v) is 2.56. The number of nitrogens with zero attached hydrogens (tertiary/aromatic N) is 2. The van der Waals surface area contributed by atoms with Gasteiger partial charge in [-0.05, 0) is 36.7 Å². The Balaban J connectivity index is 2.10. The Labute approximate surface area is 114 Å². The maximum absolute atomic E-state index is 12.1. The minimum absolute atomic E-state index is 0.0162. The fraction of sp³-hybridized carbons (Fsp3) is 0.818. The standard InChI is InChI=1S/C11H17BrN2O4/c1-11(2,3)17-10(15)14-5-6-7(9(14)16-4)18-13-8(6)12/h6-7,9H,5H2,1-4H3. The second-order valence-corrected chi connectivity index (χ2v) is 6.16. The Morgan fingerprint density at radius 3 is 2.78 bits per heavy atom. The lowest BCUT2D eigenvalue weighted by molar-refractivity contribution is -0.0894. The average Bonchev–Trinajstić information content (AvgIpc) is 2.76. The Bertz CT molecular complexity index is 380. The van der Waals surface area contributed by atoms with Crippen LogP contribution in [0.15, 0.2) is 5.16 Å². The Morgan fingerprint density at radius 2 is 2.22 bits per heavy atom. The predicted octanol–water partition coefficient (Wildman–Crippen LogP) is 1.93. The van der Waals surface area contributed by atoms with E-state index < -0.39 is 17.9 Å². The maximum atomic E-state index is 12.1. The highest BCUT2D eigenvalue weighted by molar-refractivity contribution is 9.18. The minimum Gasteiger partial charge on any atom is -0.444 e. The zero-order chi connectivity index (χ0) is 13.5. The number of fused-ring (bicyclic) bond motifs is 1. The molecule has 0 saturated carbocycles. The molecule has 1 fully saturated rings. The van der Waals surface area contributed by atoms with E-state index in [0.717, 1.165) is 0 Å². The number of ether oxygens (including phenoxy) is 2. The van der Waals surface area contributed by atoms with Crippen LogP contribution in [-0.2, 0) is 14.3 Å². The topological polar surface area (TPSA) is 60.4 Å². The van der Waals surface area contributed by atoms with Gasteiger partial charge in [-0.2, -0.15) is 0 Å². The molecule has 0 spiro atoms. The van der Waals surface area contributed by atoms with Crippen molar-refractivity contribution in [1.29, 1.82) is 0 Å². The van der Waals surface area contributed by atoms with Gasteiger partial charge in [-0.15, -0.1) is 0 Å². The molecule has 2 aliphatic heterocycles. The second kappa shape index (κ2) is 4.70. The van der Waals surface area contributed by atoms with Crippen LogP contribution in [0.25, 0.3) is 0 Å². The highest BCUT2D eigenvalue weighted by Crippen LogP contribution is 2.35. The van der Waals surface area contributed by atoms with Crippen LogP contribution in [0, 0.1) is 5.92 Å². The quantitative estimate of drug-likeness (QED) is 0.740. The number of likely N-dealkylation sites (tertiary alicyclic amines) is 1. The van der Waals surface area contributed by atoms with Gasteiger partial charge in [0.25, 0.3) is 0 Å². The molecular formula is C11H17BrN2O4. The van der Waals surface area contributed by atoms with Crippen molar-refractivity contribution in [3.63, 3.8) is 0 Å². The van der Waals surface area contributed by atoms with Crippen molar-refractivity contribution in [3.8, 4) is 0 Å². The third kappa shape index (κ3) is 2.47. The summed E-state index contributed by atoms with van der Waals surface area (Å²) in [7, 11) is 1.54.